The highest BCUT2D eigenvalue weighted by Crippen LogP contribution is 2.28. The van der Waals surface area contributed by atoms with Gasteiger partial charge in [-0.2, -0.15) is 11.8 Å². The lowest BCUT2D eigenvalue weighted by molar-refractivity contribution is 0.141. The summed E-state index contributed by atoms with van der Waals surface area (Å²) in [5.41, 5.74) is 0. The second kappa shape index (κ2) is 9.32. The normalized spacial score (nSPS) is 19.1. The Morgan fingerprint density at radius 1 is 1.31 bits per heavy atom. The SMILES string of the molecule is CSCCCCNCC(O)CC1CCCC1. The van der Waals surface area contributed by atoms with E-state index in [-0.39, 0.29) is 6.10 Å². The van der Waals surface area contributed by atoms with Gasteiger partial charge < -0.3 is 10.4 Å². The predicted molar refractivity (Wildman–Crippen MR) is 73.1 cm³/mol. The van der Waals surface area contributed by atoms with Crippen molar-refractivity contribution in [3.63, 3.8) is 0 Å². The van der Waals surface area contributed by atoms with Gasteiger partial charge in [0, 0.05) is 6.54 Å². The molecule has 0 spiro atoms. The highest BCUT2D eigenvalue weighted by atomic mass is 32.2. The Morgan fingerprint density at radius 3 is 2.75 bits per heavy atom. The Bertz CT molecular complexity index is 160. The van der Waals surface area contributed by atoms with Crippen LogP contribution in [0.1, 0.15) is 44.9 Å². The summed E-state index contributed by atoms with van der Waals surface area (Å²) in [4.78, 5) is 0. The summed E-state index contributed by atoms with van der Waals surface area (Å²) in [6.45, 7) is 1.85. The van der Waals surface area contributed by atoms with Crippen LogP contribution in [0.5, 0.6) is 0 Å². The first-order valence-electron chi connectivity index (χ1n) is 6.70. The lowest BCUT2D eigenvalue weighted by Crippen LogP contribution is -2.29. The van der Waals surface area contributed by atoms with Crippen LogP contribution >= 0.6 is 11.8 Å². The van der Waals surface area contributed by atoms with Gasteiger partial charge in [0.2, 0.25) is 0 Å². The van der Waals surface area contributed by atoms with Crippen molar-refractivity contribution in [2.75, 3.05) is 25.1 Å². The van der Waals surface area contributed by atoms with Crippen molar-refractivity contribution in [1.82, 2.24) is 5.32 Å². The van der Waals surface area contributed by atoms with Crippen molar-refractivity contribution in [3.8, 4) is 0 Å². The standard InChI is InChI=1S/C13H27NOS/c1-16-9-5-4-8-14-11-13(15)10-12-6-2-3-7-12/h12-15H,2-11H2,1H3. The fourth-order valence-electron chi connectivity index (χ4n) is 2.48. The lowest BCUT2D eigenvalue weighted by atomic mass is 10.00. The van der Waals surface area contributed by atoms with E-state index in [2.05, 4.69) is 11.6 Å². The van der Waals surface area contributed by atoms with Gasteiger partial charge >= 0.3 is 0 Å². The largest absolute Gasteiger partial charge is 0.392 e. The molecule has 2 nitrogen and oxygen atoms in total. The molecule has 1 unspecified atom stereocenters. The van der Waals surface area contributed by atoms with Crippen molar-refractivity contribution in [3.05, 3.63) is 0 Å². The average molecular weight is 245 g/mol. The number of rotatable bonds is 9. The van der Waals surface area contributed by atoms with Crippen molar-refractivity contribution >= 4 is 11.8 Å². The number of aliphatic hydroxyl groups excluding tert-OH is 1. The smallest absolute Gasteiger partial charge is 0.0667 e. The van der Waals surface area contributed by atoms with Gasteiger partial charge in [-0.3, -0.25) is 0 Å². The van der Waals surface area contributed by atoms with E-state index in [1.807, 2.05) is 11.8 Å². The fourth-order valence-corrected chi connectivity index (χ4v) is 2.97. The van der Waals surface area contributed by atoms with Crippen LogP contribution in [0.3, 0.4) is 0 Å². The van der Waals surface area contributed by atoms with Crippen LogP contribution in [0.15, 0.2) is 0 Å². The molecular formula is C13H27NOS. The van der Waals surface area contributed by atoms with E-state index in [0.29, 0.717) is 0 Å². The molecule has 1 atom stereocenters. The lowest BCUT2D eigenvalue weighted by Gasteiger charge is -2.15. The number of unbranched alkanes of at least 4 members (excludes halogenated alkanes) is 1. The van der Waals surface area contributed by atoms with Crippen molar-refractivity contribution in [2.24, 2.45) is 5.92 Å². The molecule has 16 heavy (non-hydrogen) atoms. The maximum atomic E-state index is 9.85. The van der Waals surface area contributed by atoms with Gasteiger partial charge in [0.15, 0.2) is 0 Å². The molecule has 0 heterocycles. The molecule has 0 amide bonds. The van der Waals surface area contributed by atoms with Gasteiger partial charge in [-0.05, 0) is 43.7 Å². The molecule has 0 radical (unpaired) electrons. The number of hydrogen-bond acceptors (Lipinski definition) is 3. The zero-order valence-corrected chi connectivity index (χ0v) is 11.4. The van der Waals surface area contributed by atoms with E-state index in [9.17, 15) is 5.11 Å². The van der Waals surface area contributed by atoms with Crippen LogP contribution < -0.4 is 5.32 Å². The Hall–Kier alpha value is 0.270. The zero-order valence-electron chi connectivity index (χ0n) is 10.6. The first kappa shape index (κ1) is 14.3. The molecule has 96 valence electrons. The second-order valence-corrected chi connectivity index (χ2v) is 5.93. The van der Waals surface area contributed by atoms with Gasteiger partial charge in [-0.15, -0.1) is 0 Å². The summed E-state index contributed by atoms with van der Waals surface area (Å²) in [5, 5.41) is 13.2. The number of hydrogen-bond donors (Lipinski definition) is 2. The summed E-state index contributed by atoms with van der Waals surface area (Å²) in [5.74, 6) is 2.06. The fraction of sp³-hybridized carbons (Fsp3) is 1.00. The van der Waals surface area contributed by atoms with Crippen molar-refractivity contribution in [1.29, 1.82) is 0 Å². The van der Waals surface area contributed by atoms with E-state index >= 15 is 0 Å². The van der Waals surface area contributed by atoms with E-state index < -0.39 is 0 Å². The quantitative estimate of drug-likeness (QED) is 0.613. The maximum Gasteiger partial charge on any atom is 0.0667 e. The van der Waals surface area contributed by atoms with E-state index in [1.165, 1.54) is 44.3 Å². The summed E-state index contributed by atoms with van der Waals surface area (Å²) in [6.07, 6.45) is 11.0. The number of nitrogens with one attached hydrogen (secondary N) is 1. The molecule has 0 aliphatic heterocycles. The van der Waals surface area contributed by atoms with Gasteiger partial charge in [-0.25, -0.2) is 0 Å². The summed E-state index contributed by atoms with van der Waals surface area (Å²) in [7, 11) is 0. The highest BCUT2D eigenvalue weighted by Gasteiger charge is 2.18. The maximum absolute atomic E-state index is 9.85. The minimum atomic E-state index is -0.122. The van der Waals surface area contributed by atoms with Crippen LogP contribution in [-0.4, -0.2) is 36.3 Å². The monoisotopic (exact) mass is 245 g/mol. The minimum Gasteiger partial charge on any atom is -0.392 e. The van der Waals surface area contributed by atoms with Crippen LogP contribution in [-0.2, 0) is 0 Å². The molecule has 1 saturated carbocycles. The van der Waals surface area contributed by atoms with Gasteiger partial charge in [0.05, 0.1) is 6.10 Å². The summed E-state index contributed by atoms with van der Waals surface area (Å²) in [6, 6.07) is 0. The number of aliphatic hydroxyl groups is 1. The molecule has 3 heteroatoms. The second-order valence-electron chi connectivity index (χ2n) is 4.94. The zero-order chi connectivity index (χ0) is 11.6. The third kappa shape index (κ3) is 6.77. The molecule has 2 N–H and O–H groups in total. The molecule has 1 aliphatic rings. The van der Waals surface area contributed by atoms with E-state index in [4.69, 9.17) is 0 Å². The van der Waals surface area contributed by atoms with Crippen LogP contribution in [0.4, 0.5) is 0 Å². The van der Waals surface area contributed by atoms with Gasteiger partial charge in [-0.1, -0.05) is 25.7 Å². The third-order valence-electron chi connectivity index (χ3n) is 3.41. The molecule has 0 aromatic carbocycles. The minimum absolute atomic E-state index is 0.122. The molecule has 0 bridgehead atoms. The van der Waals surface area contributed by atoms with Crippen LogP contribution in [0.2, 0.25) is 0 Å². The van der Waals surface area contributed by atoms with Crippen LogP contribution in [0.25, 0.3) is 0 Å². The first-order chi connectivity index (χ1) is 7.83. The molecule has 0 aromatic heterocycles. The molecule has 1 fully saturated rings. The van der Waals surface area contributed by atoms with Crippen molar-refractivity contribution in [2.45, 2.75) is 51.0 Å². The third-order valence-corrected chi connectivity index (χ3v) is 4.11. The van der Waals surface area contributed by atoms with Gasteiger partial charge in [0.1, 0.15) is 0 Å². The number of thioether (sulfide) groups is 1. The summed E-state index contributed by atoms with van der Waals surface area (Å²) < 4.78 is 0. The Labute approximate surface area is 105 Å². The molecule has 1 aliphatic carbocycles. The Morgan fingerprint density at radius 2 is 2.06 bits per heavy atom. The predicted octanol–water partition coefficient (Wildman–Crippen LogP) is 2.66. The van der Waals surface area contributed by atoms with E-state index in [1.54, 1.807) is 0 Å². The molecule has 0 saturated heterocycles. The molecule has 0 aromatic rings. The highest BCUT2D eigenvalue weighted by molar-refractivity contribution is 7.98. The van der Waals surface area contributed by atoms with Crippen LogP contribution in [0, 0.1) is 5.92 Å². The Kier molecular flexibility index (Phi) is 8.34. The molecule has 1 rings (SSSR count). The summed E-state index contributed by atoms with van der Waals surface area (Å²) >= 11 is 1.91. The van der Waals surface area contributed by atoms with Crippen molar-refractivity contribution < 1.29 is 5.11 Å². The average Bonchev–Trinajstić information content (AvgIpc) is 2.76. The first-order valence-corrected chi connectivity index (χ1v) is 8.10. The topological polar surface area (TPSA) is 32.3 Å². The molecular weight excluding hydrogens is 218 g/mol. The van der Waals surface area contributed by atoms with E-state index in [0.717, 1.165) is 25.4 Å². The Balaban J connectivity index is 1.87. The van der Waals surface area contributed by atoms with Gasteiger partial charge in [0.25, 0.3) is 0 Å².